The molecule has 0 aliphatic heterocycles. The predicted molar refractivity (Wildman–Crippen MR) is 117 cm³/mol. The van der Waals surface area contributed by atoms with Gasteiger partial charge in [0.25, 0.3) is 0 Å². The number of rotatable bonds is 18. The van der Waals surface area contributed by atoms with E-state index >= 15 is 0 Å². The summed E-state index contributed by atoms with van der Waals surface area (Å²) in [6, 6.07) is 3.78. The Labute approximate surface area is 171 Å². The number of thioether (sulfide) groups is 1. The van der Waals surface area contributed by atoms with E-state index in [1.165, 1.54) is 75.7 Å². The van der Waals surface area contributed by atoms with Crippen LogP contribution in [-0.2, 0) is 16.1 Å². The fourth-order valence-corrected chi connectivity index (χ4v) is 4.01. The molecule has 3 nitrogen and oxygen atoms in total. The van der Waals surface area contributed by atoms with Gasteiger partial charge in [-0.3, -0.25) is 9.78 Å². The van der Waals surface area contributed by atoms with Crippen LogP contribution in [0.5, 0.6) is 0 Å². The number of nitrogens with zero attached hydrogens (tertiary/aromatic N) is 1. The van der Waals surface area contributed by atoms with Crippen molar-refractivity contribution in [2.24, 2.45) is 0 Å². The van der Waals surface area contributed by atoms with Crippen molar-refractivity contribution >= 4 is 17.7 Å². The molecule has 0 aliphatic carbocycles. The first-order chi connectivity index (χ1) is 13.3. The van der Waals surface area contributed by atoms with Crippen LogP contribution in [0.15, 0.2) is 24.5 Å². The first kappa shape index (κ1) is 24.0. The number of hydrogen-bond acceptors (Lipinski definition) is 4. The lowest BCUT2D eigenvalue weighted by atomic mass is 10.1. The maximum absolute atomic E-state index is 11.7. The molecule has 4 heteroatoms. The Bertz CT molecular complexity index is 453. The number of carbonyl (C=O) groups excluding carboxylic acids is 1. The molecule has 0 fully saturated rings. The molecule has 0 spiro atoms. The summed E-state index contributed by atoms with van der Waals surface area (Å²) in [4.78, 5) is 15.7. The van der Waals surface area contributed by atoms with E-state index in [4.69, 9.17) is 4.74 Å². The van der Waals surface area contributed by atoms with Crippen molar-refractivity contribution < 1.29 is 9.53 Å². The van der Waals surface area contributed by atoms with Crippen molar-refractivity contribution in [1.82, 2.24) is 4.98 Å². The van der Waals surface area contributed by atoms with E-state index in [-0.39, 0.29) is 5.97 Å². The highest BCUT2D eigenvalue weighted by Gasteiger charge is 2.03. The van der Waals surface area contributed by atoms with Crippen LogP contribution in [0, 0.1) is 0 Å². The lowest BCUT2D eigenvalue weighted by molar-refractivity contribution is -0.145. The Morgan fingerprint density at radius 2 is 1.56 bits per heavy atom. The molecule has 0 amide bonds. The maximum atomic E-state index is 11.7. The molecule has 0 bridgehead atoms. The minimum atomic E-state index is -0.0916. The quantitative estimate of drug-likeness (QED) is 0.200. The van der Waals surface area contributed by atoms with E-state index in [1.54, 1.807) is 12.4 Å². The summed E-state index contributed by atoms with van der Waals surface area (Å²) in [6.45, 7) is 2.61. The van der Waals surface area contributed by atoms with Crippen molar-refractivity contribution in [3.63, 3.8) is 0 Å². The fraction of sp³-hybridized carbons (Fsp3) is 0.739. The monoisotopic (exact) mass is 393 g/mol. The van der Waals surface area contributed by atoms with Crippen LogP contribution in [0.4, 0.5) is 0 Å². The highest BCUT2D eigenvalue weighted by molar-refractivity contribution is 7.99. The molecule has 0 radical (unpaired) electrons. The summed E-state index contributed by atoms with van der Waals surface area (Å²) in [6.07, 6.45) is 19.6. The highest BCUT2D eigenvalue weighted by atomic mass is 32.2. The number of ether oxygens (including phenoxy) is 1. The lowest BCUT2D eigenvalue weighted by Gasteiger charge is -2.05. The molecule has 1 heterocycles. The van der Waals surface area contributed by atoms with Gasteiger partial charge in [-0.05, 0) is 36.8 Å². The molecule has 0 aromatic carbocycles. The molecule has 154 valence electrons. The zero-order valence-corrected chi connectivity index (χ0v) is 18.1. The Morgan fingerprint density at radius 3 is 2.19 bits per heavy atom. The average molecular weight is 394 g/mol. The number of unbranched alkanes of at least 4 members (excludes halogenated alkanes) is 10. The van der Waals surface area contributed by atoms with Gasteiger partial charge in [0, 0.05) is 24.4 Å². The molecule has 0 aliphatic rings. The van der Waals surface area contributed by atoms with Crippen LogP contribution in [-0.4, -0.2) is 22.5 Å². The van der Waals surface area contributed by atoms with Gasteiger partial charge in [-0.1, -0.05) is 70.8 Å². The van der Waals surface area contributed by atoms with Crippen molar-refractivity contribution in [3.05, 3.63) is 30.1 Å². The minimum Gasteiger partial charge on any atom is -0.461 e. The smallest absolute Gasteiger partial charge is 0.306 e. The Balaban J connectivity index is 1.77. The summed E-state index contributed by atoms with van der Waals surface area (Å²) in [5.74, 6) is 2.60. The second-order valence-electron chi connectivity index (χ2n) is 7.27. The molecule has 1 aromatic heterocycles. The topological polar surface area (TPSA) is 39.2 Å². The van der Waals surface area contributed by atoms with Gasteiger partial charge in [0.2, 0.25) is 0 Å². The van der Waals surface area contributed by atoms with Crippen LogP contribution in [0.1, 0.15) is 96.0 Å². The van der Waals surface area contributed by atoms with Crippen LogP contribution in [0.3, 0.4) is 0 Å². The summed E-state index contributed by atoms with van der Waals surface area (Å²) in [5.41, 5.74) is 0.945. The van der Waals surface area contributed by atoms with E-state index in [0.717, 1.165) is 18.4 Å². The van der Waals surface area contributed by atoms with Crippen LogP contribution < -0.4 is 0 Å². The van der Waals surface area contributed by atoms with Crippen LogP contribution in [0.2, 0.25) is 0 Å². The van der Waals surface area contributed by atoms with E-state index in [0.29, 0.717) is 13.0 Å². The van der Waals surface area contributed by atoms with Crippen LogP contribution in [0.25, 0.3) is 0 Å². The zero-order valence-electron chi connectivity index (χ0n) is 17.3. The van der Waals surface area contributed by atoms with Crippen LogP contribution >= 0.6 is 11.8 Å². The molecular weight excluding hydrogens is 354 g/mol. The van der Waals surface area contributed by atoms with E-state index in [2.05, 4.69) is 23.7 Å². The van der Waals surface area contributed by atoms with Crippen molar-refractivity contribution in [2.75, 3.05) is 11.5 Å². The number of pyridine rings is 1. The third-order valence-corrected chi connectivity index (χ3v) is 5.84. The molecule has 0 N–H and O–H groups in total. The molecule has 27 heavy (non-hydrogen) atoms. The van der Waals surface area contributed by atoms with Gasteiger partial charge in [-0.25, -0.2) is 0 Å². The molecule has 1 aromatic rings. The largest absolute Gasteiger partial charge is 0.461 e. The molecule has 0 saturated heterocycles. The van der Waals surface area contributed by atoms with E-state index < -0.39 is 0 Å². The van der Waals surface area contributed by atoms with Gasteiger partial charge in [-0.2, -0.15) is 11.8 Å². The molecular formula is C23H39NO2S. The number of esters is 1. The van der Waals surface area contributed by atoms with Gasteiger partial charge in [0.15, 0.2) is 0 Å². The van der Waals surface area contributed by atoms with Gasteiger partial charge in [0.05, 0.1) is 0 Å². The average Bonchev–Trinajstić information content (AvgIpc) is 2.70. The van der Waals surface area contributed by atoms with Gasteiger partial charge >= 0.3 is 5.97 Å². The summed E-state index contributed by atoms with van der Waals surface area (Å²) < 4.78 is 5.27. The summed E-state index contributed by atoms with van der Waals surface area (Å²) in [7, 11) is 0. The Hall–Kier alpha value is -1.03. The highest BCUT2D eigenvalue weighted by Crippen LogP contribution is 2.13. The number of aromatic nitrogens is 1. The lowest BCUT2D eigenvalue weighted by Crippen LogP contribution is -2.04. The minimum absolute atomic E-state index is 0.0916. The second kappa shape index (κ2) is 18.3. The van der Waals surface area contributed by atoms with E-state index in [1.807, 2.05) is 12.1 Å². The van der Waals surface area contributed by atoms with Crippen molar-refractivity contribution in [2.45, 2.75) is 97.0 Å². The molecule has 1 rings (SSSR count). The predicted octanol–water partition coefficient (Wildman–Crippen LogP) is 6.95. The van der Waals surface area contributed by atoms with Crippen molar-refractivity contribution in [3.8, 4) is 0 Å². The van der Waals surface area contributed by atoms with E-state index in [9.17, 15) is 4.79 Å². The Morgan fingerprint density at radius 1 is 0.926 bits per heavy atom. The second-order valence-corrected chi connectivity index (χ2v) is 8.50. The van der Waals surface area contributed by atoms with Gasteiger partial charge in [-0.15, -0.1) is 0 Å². The zero-order chi connectivity index (χ0) is 19.4. The summed E-state index contributed by atoms with van der Waals surface area (Å²) in [5, 5.41) is 0. The fourth-order valence-electron chi connectivity index (χ4n) is 2.99. The maximum Gasteiger partial charge on any atom is 0.306 e. The normalized spacial score (nSPS) is 10.9. The first-order valence-corrected chi connectivity index (χ1v) is 12.1. The number of hydrogen-bond donors (Lipinski definition) is 0. The third-order valence-electron chi connectivity index (χ3n) is 4.68. The van der Waals surface area contributed by atoms with Gasteiger partial charge < -0.3 is 4.74 Å². The molecule has 0 atom stereocenters. The van der Waals surface area contributed by atoms with Crippen molar-refractivity contribution in [1.29, 1.82) is 0 Å². The first-order valence-electron chi connectivity index (χ1n) is 10.9. The molecule has 0 unspecified atom stereocenters. The van der Waals surface area contributed by atoms with Gasteiger partial charge in [0.1, 0.15) is 6.61 Å². The SMILES string of the molecule is CCCCCCSCCCCCCCCCCC(=O)OCc1cccnc1. The third kappa shape index (κ3) is 15.7. The Kier molecular flexibility index (Phi) is 16.3. The summed E-state index contributed by atoms with van der Waals surface area (Å²) >= 11 is 2.14. The molecule has 0 saturated carbocycles. The standard InChI is InChI=1S/C23H39NO2S/c1-2-3-4-12-18-27-19-13-10-8-6-5-7-9-11-16-23(25)26-21-22-15-14-17-24-20-22/h14-15,17,20H,2-13,16,18-19,21H2,1H3. The number of carbonyl (C=O) groups is 1.